The highest BCUT2D eigenvalue weighted by atomic mass is 19.1. The van der Waals surface area contributed by atoms with E-state index in [-0.39, 0.29) is 5.82 Å². The van der Waals surface area contributed by atoms with Crippen LogP contribution in [0.1, 0.15) is 24.4 Å². The fourth-order valence-corrected chi connectivity index (χ4v) is 4.12. The third-order valence-electron chi connectivity index (χ3n) is 5.64. The smallest absolute Gasteiger partial charge is 0.134 e. The Hall–Kier alpha value is -2.25. The van der Waals surface area contributed by atoms with Gasteiger partial charge in [-0.1, -0.05) is 12.1 Å². The lowest BCUT2D eigenvalue weighted by molar-refractivity contribution is 0.143. The predicted molar refractivity (Wildman–Crippen MR) is 105 cm³/mol. The van der Waals surface area contributed by atoms with E-state index in [9.17, 15) is 4.39 Å². The van der Waals surface area contributed by atoms with Gasteiger partial charge in [-0.15, -0.1) is 0 Å². The van der Waals surface area contributed by atoms with Crippen molar-refractivity contribution in [2.24, 2.45) is 0 Å². The fraction of sp³-hybridized carbons (Fsp3) is 0.500. The average molecular weight is 370 g/mol. The molecule has 7 heteroatoms. The maximum atomic E-state index is 13.4. The number of anilines is 2. The number of nitrogens with two attached hydrogens (primary N) is 1. The molecule has 2 saturated heterocycles. The molecule has 2 fully saturated rings. The third-order valence-corrected chi connectivity index (χ3v) is 5.64. The molecule has 0 radical (unpaired) electrons. The summed E-state index contributed by atoms with van der Waals surface area (Å²) in [6.07, 6.45) is 4.07. The summed E-state index contributed by atoms with van der Waals surface area (Å²) in [4.78, 5) is 15.6. The van der Waals surface area contributed by atoms with Crippen molar-refractivity contribution in [3.05, 3.63) is 48.0 Å². The van der Waals surface area contributed by atoms with Crippen molar-refractivity contribution in [3.8, 4) is 0 Å². The zero-order chi connectivity index (χ0) is 18.6. The van der Waals surface area contributed by atoms with Crippen LogP contribution in [-0.4, -0.2) is 65.6 Å². The Morgan fingerprint density at radius 2 is 1.67 bits per heavy atom. The van der Waals surface area contributed by atoms with E-state index >= 15 is 0 Å². The van der Waals surface area contributed by atoms with E-state index in [1.165, 1.54) is 24.7 Å². The number of piperazine rings is 1. The second-order valence-electron chi connectivity index (χ2n) is 7.40. The minimum atomic E-state index is -0.176. The number of benzene rings is 1. The molecular weight excluding hydrogens is 343 g/mol. The molecule has 2 N–H and O–H groups in total. The minimum Gasteiger partial charge on any atom is -0.384 e. The summed E-state index contributed by atoms with van der Waals surface area (Å²) >= 11 is 0. The van der Waals surface area contributed by atoms with Crippen LogP contribution in [0.5, 0.6) is 0 Å². The molecule has 0 bridgehead atoms. The number of halogens is 1. The molecule has 1 unspecified atom stereocenters. The molecule has 2 aromatic rings. The van der Waals surface area contributed by atoms with Gasteiger partial charge in [0.25, 0.3) is 0 Å². The molecule has 0 amide bonds. The summed E-state index contributed by atoms with van der Waals surface area (Å²) in [6.45, 7) is 7.02. The number of hydrogen-bond acceptors (Lipinski definition) is 6. The minimum absolute atomic E-state index is 0.176. The maximum Gasteiger partial charge on any atom is 0.134 e. The molecule has 1 atom stereocenters. The Morgan fingerprint density at radius 3 is 2.33 bits per heavy atom. The first-order chi connectivity index (χ1) is 13.2. The lowest BCUT2D eigenvalue weighted by Crippen LogP contribution is -2.50. The zero-order valence-electron chi connectivity index (χ0n) is 15.6. The van der Waals surface area contributed by atoms with Gasteiger partial charge in [0.2, 0.25) is 0 Å². The number of nitrogen functional groups attached to an aromatic ring is 1. The number of aromatic nitrogens is 2. The van der Waals surface area contributed by atoms with E-state index in [0.717, 1.165) is 51.6 Å². The average Bonchev–Trinajstić information content (AvgIpc) is 3.20. The summed E-state index contributed by atoms with van der Waals surface area (Å²) in [6, 6.07) is 9.15. The van der Waals surface area contributed by atoms with E-state index in [4.69, 9.17) is 5.73 Å². The van der Waals surface area contributed by atoms with Gasteiger partial charge in [0.05, 0.1) is 0 Å². The van der Waals surface area contributed by atoms with Crippen LogP contribution < -0.4 is 10.6 Å². The maximum absolute atomic E-state index is 13.4. The van der Waals surface area contributed by atoms with Crippen molar-refractivity contribution in [1.29, 1.82) is 0 Å². The summed E-state index contributed by atoms with van der Waals surface area (Å²) in [5, 5.41) is 0. The second-order valence-corrected chi connectivity index (χ2v) is 7.40. The SMILES string of the molecule is Nc1cc(N2CCN(C(CN3CCCC3)c3ccc(F)cc3)CC2)ncn1. The van der Waals surface area contributed by atoms with Crippen LogP contribution >= 0.6 is 0 Å². The van der Waals surface area contributed by atoms with Gasteiger partial charge in [0.1, 0.15) is 23.8 Å². The summed E-state index contributed by atoms with van der Waals surface area (Å²) in [5.74, 6) is 1.21. The molecule has 27 heavy (non-hydrogen) atoms. The number of hydrogen-bond donors (Lipinski definition) is 1. The lowest BCUT2D eigenvalue weighted by Gasteiger charge is -2.41. The quantitative estimate of drug-likeness (QED) is 0.870. The molecular formula is C20H27FN6. The van der Waals surface area contributed by atoms with Crippen LogP contribution in [0, 0.1) is 5.82 Å². The van der Waals surface area contributed by atoms with Gasteiger partial charge >= 0.3 is 0 Å². The van der Waals surface area contributed by atoms with Gasteiger partial charge in [-0.05, 0) is 43.6 Å². The number of nitrogens with zero attached hydrogens (tertiary/aromatic N) is 5. The topological polar surface area (TPSA) is 61.5 Å². The van der Waals surface area contributed by atoms with Crippen molar-refractivity contribution >= 4 is 11.6 Å². The molecule has 6 nitrogen and oxygen atoms in total. The van der Waals surface area contributed by atoms with Crippen LogP contribution in [0.3, 0.4) is 0 Å². The normalized spacial score (nSPS) is 20.1. The van der Waals surface area contributed by atoms with Crippen molar-refractivity contribution < 1.29 is 4.39 Å². The van der Waals surface area contributed by atoms with Crippen LogP contribution in [-0.2, 0) is 0 Å². The highest BCUT2D eigenvalue weighted by molar-refractivity contribution is 5.46. The Bertz CT molecular complexity index is 738. The Balaban J connectivity index is 1.46. The molecule has 0 aliphatic carbocycles. The molecule has 1 aromatic carbocycles. The molecule has 1 aromatic heterocycles. The predicted octanol–water partition coefficient (Wildman–Crippen LogP) is 2.16. The van der Waals surface area contributed by atoms with Crippen molar-refractivity contribution in [2.45, 2.75) is 18.9 Å². The van der Waals surface area contributed by atoms with Crippen LogP contribution in [0.2, 0.25) is 0 Å². The molecule has 3 heterocycles. The first-order valence-electron chi connectivity index (χ1n) is 9.73. The number of rotatable bonds is 5. The monoisotopic (exact) mass is 370 g/mol. The third kappa shape index (κ3) is 4.36. The zero-order valence-corrected chi connectivity index (χ0v) is 15.6. The first-order valence-corrected chi connectivity index (χ1v) is 9.73. The number of likely N-dealkylation sites (tertiary alicyclic amines) is 1. The summed E-state index contributed by atoms with van der Waals surface area (Å²) in [5.41, 5.74) is 6.99. The molecule has 2 aliphatic heterocycles. The van der Waals surface area contributed by atoms with Crippen molar-refractivity contribution in [2.75, 3.05) is 56.4 Å². The van der Waals surface area contributed by atoms with Gasteiger partial charge in [0, 0.05) is 44.8 Å². The summed E-state index contributed by atoms with van der Waals surface area (Å²) in [7, 11) is 0. The van der Waals surface area contributed by atoms with Gasteiger partial charge < -0.3 is 15.5 Å². The van der Waals surface area contributed by atoms with Crippen molar-refractivity contribution in [1.82, 2.24) is 19.8 Å². The van der Waals surface area contributed by atoms with Crippen LogP contribution in [0.4, 0.5) is 16.0 Å². The van der Waals surface area contributed by atoms with Gasteiger partial charge in [-0.3, -0.25) is 4.90 Å². The van der Waals surface area contributed by atoms with Gasteiger partial charge in [-0.25, -0.2) is 14.4 Å². The van der Waals surface area contributed by atoms with E-state index in [0.29, 0.717) is 11.9 Å². The highest BCUT2D eigenvalue weighted by Crippen LogP contribution is 2.26. The van der Waals surface area contributed by atoms with E-state index < -0.39 is 0 Å². The molecule has 2 aliphatic rings. The molecule has 144 valence electrons. The van der Waals surface area contributed by atoms with Crippen molar-refractivity contribution in [3.63, 3.8) is 0 Å². The lowest BCUT2D eigenvalue weighted by atomic mass is 10.0. The van der Waals surface area contributed by atoms with Gasteiger partial charge in [-0.2, -0.15) is 0 Å². The van der Waals surface area contributed by atoms with E-state index in [2.05, 4.69) is 24.7 Å². The largest absolute Gasteiger partial charge is 0.384 e. The van der Waals surface area contributed by atoms with Gasteiger partial charge in [0.15, 0.2) is 0 Å². The van der Waals surface area contributed by atoms with Crippen LogP contribution in [0.25, 0.3) is 0 Å². The molecule has 0 spiro atoms. The Morgan fingerprint density at radius 1 is 0.963 bits per heavy atom. The Kier molecular flexibility index (Phi) is 5.50. The highest BCUT2D eigenvalue weighted by Gasteiger charge is 2.28. The molecule has 4 rings (SSSR count). The fourth-order valence-electron chi connectivity index (χ4n) is 4.12. The Labute approximate surface area is 159 Å². The van der Waals surface area contributed by atoms with E-state index in [1.807, 2.05) is 18.2 Å². The first kappa shape index (κ1) is 18.1. The second kappa shape index (κ2) is 8.19. The van der Waals surface area contributed by atoms with E-state index in [1.54, 1.807) is 12.1 Å². The van der Waals surface area contributed by atoms with Crippen LogP contribution in [0.15, 0.2) is 36.7 Å². The summed E-state index contributed by atoms with van der Waals surface area (Å²) < 4.78 is 13.4. The standard InChI is InChI=1S/C20H27FN6/c21-17-5-3-16(4-6-17)18(14-25-7-1-2-8-25)26-9-11-27(12-10-26)20-13-19(22)23-15-24-20/h3-6,13,15,18H,1-2,7-12,14H2,(H2,22,23,24). The molecule has 0 saturated carbocycles.